The standard InChI is InChI=1S/C25H18Br2O5/c1-2-31-25(30)18-7-13-21(14-8-18)32-23(24(29)17-5-11-20(27)12-6-17)15-22(28)16-3-9-19(26)10-4-16/h3-15H,2H2,1H3/b23-15+. The summed E-state index contributed by atoms with van der Waals surface area (Å²) in [6.07, 6.45) is 1.17. The Labute approximate surface area is 202 Å². The molecule has 3 aromatic rings. The van der Waals surface area contributed by atoms with Crippen molar-refractivity contribution in [2.75, 3.05) is 6.61 Å². The molecule has 0 aliphatic carbocycles. The Kier molecular flexibility index (Phi) is 8.14. The van der Waals surface area contributed by atoms with E-state index >= 15 is 0 Å². The molecule has 0 saturated heterocycles. The molecule has 0 amide bonds. The lowest BCUT2D eigenvalue weighted by Gasteiger charge is -2.10. The van der Waals surface area contributed by atoms with Gasteiger partial charge in [0.1, 0.15) is 5.75 Å². The van der Waals surface area contributed by atoms with Gasteiger partial charge in [0.25, 0.3) is 0 Å². The van der Waals surface area contributed by atoms with Crippen molar-refractivity contribution < 1.29 is 23.9 Å². The van der Waals surface area contributed by atoms with Crippen molar-refractivity contribution in [3.8, 4) is 5.75 Å². The summed E-state index contributed by atoms with van der Waals surface area (Å²) >= 11 is 6.67. The van der Waals surface area contributed by atoms with Gasteiger partial charge in [-0.1, -0.05) is 31.9 Å². The van der Waals surface area contributed by atoms with E-state index in [9.17, 15) is 14.4 Å². The SMILES string of the molecule is CCOC(=O)c1ccc(O/C(=C/C(=O)c2ccc(Br)cc2)C(=O)c2ccc(Br)cc2)cc1. The van der Waals surface area contributed by atoms with Gasteiger partial charge in [-0.25, -0.2) is 4.79 Å². The maximum atomic E-state index is 13.1. The van der Waals surface area contributed by atoms with E-state index in [0.717, 1.165) is 8.95 Å². The number of esters is 1. The van der Waals surface area contributed by atoms with E-state index in [1.54, 1.807) is 67.6 Å². The van der Waals surface area contributed by atoms with Crippen LogP contribution >= 0.6 is 31.9 Å². The van der Waals surface area contributed by atoms with Crippen LogP contribution in [0.4, 0.5) is 0 Å². The molecule has 0 atom stereocenters. The molecule has 0 aromatic heterocycles. The van der Waals surface area contributed by atoms with Crippen LogP contribution in [0.2, 0.25) is 0 Å². The third-order valence-electron chi connectivity index (χ3n) is 4.31. The summed E-state index contributed by atoms with van der Waals surface area (Å²) in [6, 6.07) is 19.7. The molecule has 162 valence electrons. The summed E-state index contributed by atoms with van der Waals surface area (Å²) in [7, 11) is 0. The van der Waals surface area contributed by atoms with E-state index in [2.05, 4.69) is 31.9 Å². The van der Waals surface area contributed by atoms with E-state index in [1.165, 1.54) is 18.2 Å². The maximum absolute atomic E-state index is 13.1. The van der Waals surface area contributed by atoms with Crippen LogP contribution in [0.3, 0.4) is 0 Å². The highest BCUT2D eigenvalue weighted by molar-refractivity contribution is 9.10. The molecule has 0 aliphatic rings. The van der Waals surface area contributed by atoms with E-state index in [1.807, 2.05) is 0 Å². The minimum absolute atomic E-state index is 0.135. The van der Waals surface area contributed by atoms with Gasteiger partial charge in [-0.3, -0.25) is 9.59 Å². The second-order valence-corrected chi connectivity index (χ2v) is 8.39. The highest BCUT2D eigenvalue weighted by Gasteiger charge is 2.18. The number of ether oxygens (including phenoxy) is 2. The van der Waals surface area contributed by atoms with Crippen LogP contribution < -0.4 is 4.74 Å². The van der Waals surface area contributed by atoms with Gasteiger partial charge in [-0.15, -0.1) is 0 Å². The molecule has 0 radical (unpaired) electrons. The zero-order valence-electron chi connectivity index (χ0n) is 17.0. The molecule has 0 bridgehead atoms. The Hall–Kier alpha value is -3.03. The molecular formula is C25H18Br2O5. The van der Waals surface area contributed by atoms with Crippen LogP contribution in [0.1, 0.15) is 38.0 Å². The van der Waals surface area contributed by atoms with Gasteiger partial charge in [0.2, 0.25) is 5.78 Å². The largest absolute Gasteiger partial charge is 0.462 e. The number of halogens is 2. The molecule has 7 heteroatoms. The van der Waals surface area contributed by atoms with Gasteiger partial charge in [0, 0.05) is 26.1 Å². The number of carbonyl (C=O) groups is 3. The predicted molar refractivity (Wildman–Crippen MR) is 128 cm³/mol. The number of hydrogen-bond acceptors (Lipinski definition) is 5. The summed E-state index contributed by atoms with van der Waals surface area (Å²) < 4.78 is 12.4. The smallest absolute Gasteiger partial charge is 0.338 e. The fourth-order valence-electron chi connectivity index (χ4n) is 2.70. The van der Waals surface area contributed by atoms with Crippen LogP contribution in [0.25, 0.3) is 0 Å². The maximum Gasteiger partial charge on any atom is 0.338 e. The quantitative estimate of drug-likeness (QED) is 0.138. The summed E-state index contributed by atoms with van der Waals surface area (Å²) in [6.45, 7) is 1.99. The summed E-state index contributed by atoms with van der Waals surface area (Å²) in [5, 5.41) is 0. The van der Waals surface area contributed by atoms with Crippen LogP contribution in [-0.4, -0.2) is 24.1 Å². The van der Waals surface area contributed by atoms with Gasteiger partial charge < -0.3 is 9.47 Å². The molecule has 0 aliphatic heterocycles. The first-order valence-corrected chi connectivity index (χ1v) is 11.2. The van der Waals surface area contributed by atoms with Gasteiger partial charge in [0.15, 0.2) is 11.5 Å². The third-order valence-corrected chi connectivity index (χ3v) is 5.37. The van der Waals surface area contributed by atoms with Gasteiger partial charge in [0.05, 0.1) is 12.2 Å². The van der Waals surface area contributed by atoms with E-state index < -0.39 is 11.8 Å². The number of ketones is 2. The molecule has 5 nitrogen and oxygen atoms in total. The van der Waals surface area contributed by atoms with Crippen molar-refractivity contribution in [1.82, 2.24) is 0 Å². The Bertz CT molecular complexity index is 1150. The first kappa shape index (κ1) is 23.6. The number of Topliss-reactive ketones (excluding diaryl/α,β-unsaturated/α-hetero) is 1. The highest BCUT2D eigenvalue weighted by Crippen LogP contribution is 2.21. The Morgan fingerprint density at radius 3 is 1.78 bits per heavy atom. The summed E-state index contributed by atoms with van der Waals surface area (Å²) in [5.41, 5.74) is 1.14. The van der Waals surface area contributed by atoms with Crippen molar-refractivity contribution >= 4 is 49.4 Å². The topological polar surface area (TPSA) is 69.7 Å². The van der Waals surface area contributed by atoms with Crippen molar-refractivity contribution in [3.63, 3.8) is 0 Å². The first-order valence-electron chi connectivity index (χ1n) is 9.64. The second kappa shape index (κ2) is 11.0. The number of hydrogen-bond donors (Lipinski definition) is 0. The highest BCUT2D eigenvalue weighted by atomic mass is 79.9. The fraction of sp³-hybridized carbons (Fsp3) is 0.0800. The van der Waals surface area contributed by atoms with E-state index in [0.29, 0.717) is 22.4 Å². The minimum Gasteiger partial charge on any atom is -0.462 e. The summed E-state index contributed by atoms with van der Waals surface area (Å²) in [4.78, 5) is 37.7. The van der Waals surface area contributed by atoms with Crippen LogP contribution in [0, 0.1) is 0 Å². The van der Waals surface area contributed by atoms with Crippen LogP contribution in [0.15, 0.2) is 93.6 Å². The molecule has 0 N–H and O–H groups in total. The number of benzene rings is 3. The predicted octanol–water partition coefficient (Wildman–Crippen LogP) is 6.42. The minimum atomic E-state index is -0.453. The fourth-order valence-corrected chi connectivity index (χ4v) is 3.23. The Balaban J connectivity index is 1.91. The molecule has 0 fully saturated rings. The zero-order chi connectivity index (χ0) is 23.1. The zero-order valence-corrected chi connectivity index (χ0v) is 20.2. The van der Waals surface area contributed by atoms with Crippen molar-refractivity contribution in [1.29, 1.82) is 0 Å². The van der Waals surface area contributed by atoms with Crippen LogP contribution in [0.5, 0.6) is 5.75 Å². The van der Waals surface area contributed by atoms with Crippen LogP contribution in [-0.2, 0) is 4.74 Å². The molecule has 0 spiro atoms. The van der Waals surface area contributed by atoms with E-state index in [-0.39, 0.29) is 18.1 Å². The van der Waals surface area contributed by atoms with Gasteiger partial charge >= 0.3 is 5.97 Å². The molecule has 0 heterocycles. The third kappa shape index (κ3) is 6.24. The van der Waals surface area contributed by atoms with Crippen molar-refractivity contribution in [2.24, 2.45) is 0 Å². The number of carbonyl (C=O) groups excluding carboxylic acids is 3. The molecule has 0 saturated carbocycles. The molecule has 3 aromatic carbocycles. The lowest BCUT2D eigenvalue weighted by atomic mass is 10.1. The molecule has 3 rings (SSSR count). The second-order valence-electron chi connectivity index (χ2n) is 6.56. The van der Waals surface area contributed by atoms with Gasteiger partial charge in [-0.05, 0) is 79.7 Å². The lowest BCUT2D eigenvalue weighted by molar-refractivity contribution is 0.0526. The Morgan fingerprint density at radius 1 is 0.750 bits per heavy atom. The normalized spacial score (nSPS) is 11.0. The van der Waals surface area contributed by atoms with Crippen molar-refractivity contribution in [2.45, 2.75) is 6.92 Å². The number of allylic oxidation sites excluding steroid dienone is 2. The summed E-state index contributed by atoms with van der Waals surface area (Å²) in [5.74, 6) is -1.10. The first-order chi connectivity index (χ1) is 15.4. The average molecular weight is 558 g/mol. The monoisotopic (exact) mass is 556 g/mol. The molecular weight excluding hydrogens is 540 g/mol. The molecule has 0 unspecified atom stereocenters. The lowest BCUT2D eigenvalue weighted by Crippen LogP contribution is -2.12. The Morgan fingerprint density at radius 2 is 1.25 bits per heavy atom. The molecule has 32 heavy (non-hydrogen) atoms. The average Bonchev–Trinajstić information content (AvgIpc) is 2.79. The number of rotatable bonds is 8. The van der Waals surface area contributed by atoms with Gasteiger partial charge in [-0.2, -0.15) is 0 Å². The van der Waals surface area contributed by atoms with E-state index in [4.69, 9.17) is 9.47 Å². The van der Waals surface area contributed by atoms with Crippen molar-refractivity contribution in [3.05, 3.63) is 110 Å².